The Morgan fingerprint density at radius 1 is 1.08 bits per heavy atom. The van der Waals surface area contributed by atoms with Crippen LogP contribution in [0.1, 0.15) is 24.0 Å². The molecule has 2 aromatic rings. The van der Waals surface area contributed by atoms with Gasteiger partial charge in [0.1, 0.15) is 11.5 Å². The zero-order chi connectivity index (χ0) is 17.4. The van der Waals surface area contributed by atoms with E-state index in [1.165, 1.54) is 12.2 Å². The molecule has 0 unspecified atom stereocenters. The maximum atomic E-state index is 11.8. The summed E-state index contributed by atoms with van der Waals surface area (Å²) in [4.78, 5) is 23.1. The third-order valence-electron chi connectivity index (χ3n) is 3.04. The molecular formula is C19H19NO4. The topological polar surface area (TPSA) is 68.5 Å². The number of anilines is 1. The average Bonchev–Trinajstić information content (AvgIpc) is 2.98. The fraction of sp³-hybridized carbons (Fsp3) is 0.158. The maximum absolute atomic E-state index is 11.8. The summed E-state index contributed by atoms with van der Waals surface area (Å²) in [5, 5.41) is 2.75. The van der Waals surface area contributed by atoms with E-state index >= 15 is 0 Å². The molecule has 0 atom stereocenters. The minimum Gasteiger partial charge on any atom is -0.463 e. The summed E-state index contributed by atoms with van der Waals surface area (Å²) in [6.45, 7) is 3.94. The lowest BCUT2D eigenvalue weighted by molar-refractivity contribution is -0.137. The first kappa shape index (κ1) is 17.3. The minimum absolute atomic E-state index is 0.251. The molecule has 124 valence electrons. The second kappa shape index (κ2) is 8.53. The monoisotopic (exact) mass is 325 g/mol. The number of aryl methyl sites for hydroxylation is 1. The Morgan fingerprint density at radius 2 is 1.83 bits per heavy atom. The van der Waals surface area contributed by atoms with Gasteiger partial charge in [-0.15, -0.1) is 0 Å². The number of rotatable bonds is 6. The van der Waals surface area contributed by atoms with Crippen molar-refractivity contribution in [3.63, 3.8) is 0 Å². The van der Waals surface area contributed by atoms with Crippen LogP contribution in [0.5, 0.6) is 0 Å². The van der Waals surface area contributed by atoms with Gasteiger partial charge in [-0.2, -0.15) is 0 Å². The van der Waals surface area contributed by atoms with Crippen LogP contribution in [-0.2, 0) is 14.3 Å². The summed E-state index contributed by atoms with van der Waals surface area (Å²) < 4.78 is 10.2. The molecule has 1 heterocycles. The molecule has 5 heteroatoms. The number of carbonyl (C=O) groups excluding carboxylic acids is 2. The Hall–Kier alpha value is -3.08. The first-order chi connectivity index (χ1) is 11.6. The minimum atomic E-state index is -0.381. The van der Waals surface area contributed by atoms with E-state index in [4.69, 9.17) is 9.15 Å². The number of hydrogen-bond donors (Lipinski definition) is 1. The first-order valence-corrected chi connectivity index (χ1v) is 7.57. The number of benzene rings is 1. The largest absolute Gasteiger partial charge is 0.463 e. The van der Waals surface area contributed by atoms with Gasteiger partial charge in [0.05, 0.1) is 6.61 Å². The van der Waals surface area contributed by atoms with Crippen molar-refractivity contribution < 1.29 is 18.7 Å². The predicted molar refractivity (Wildman–Crippen MR) is 93.2 cm³/mol. The molecule has 0 spiro atoms. The van der Waals surface area contributed by atoms with Crippen molar-refractivity contribution in [2.45, 2.75) is 13.8 Å². The van der Waals surface area contributed by atoms with E-state index in [-0.39, 0.29) is 11.9 Å². The SMILES string of the molecule is CCOC(=O)/C=C/c1ccc(NC(=O)/C=C/c2ccc(C)o2)cc1. The van der Waals surface area contributed by atoms with Gasteiger partial charge >= 0.3 is 5.97 Å². The highest BCUT2D eigenvalue weighted by Crippen LogP contribution is 2.12. The standard InChI is InChI=1S/C19H19NO4/c1-3-23-19(22)13-7-15-5-8-16(9-6-15)20-18(21)12-11-17-10-4-14(2)24-17/h4-13H,3H2,1-2H3,(H,20,21)/b12-11+,13-7+. The van der Waals surface area contributed by atoms with Crippen LogP contribution in [0.2, 0.25) is 0 Å². The van der Waals surface area contributed by atoms with Crippen LogP contribution in [0.25, 0.3) is 12.2 Å². The van der Waals surface area contributed by atoms with E-state index in [9.17, 15) is 9.59 Å². The van der Waals surface area contributed by atoms with Crippen LogP contribution < -0.4 is 5.32 Å². The molecule has 1 aromatic heterocycles. The Labute approximate surface area is 140 Å². The Bertz CT molecular complexity index is 754. The molecule has 24 heavy (non-hydrogen) atoms. The van der Waals surface area contributed by atoms with Crippen molar-refractivity contribution >= 4 is 29.7 Å². The number of furan rings is 1. The van der Waals surface area contributed by atoms with E-state index in [1.54, 1.807) is 49.4 Å². The van der Waals surface area contributed by atoms with E-state index in [1.807, 2.05) is 13.0 Å². The smallest absolute Gasteiger partial charge is 0.330 e. The second-order valence-corrected chi connectivity index (χ2v) is 4.98. The lowest BCUT2D eigenvalue weighted by Crippen LogP contribution is -2.07. The molecule has 5 nitrogen and oxygen atoms in total. The van der Waals surface area contributed by atoms with Crippen molar-refractivity contribution in [3.8, 4) is 0 Å². The summed E-state index contributed by atoms with van der Waals surface area (Å²) >= 11 is 0. The molecule has 0 saturated carbocycles. The van der Waals surface area contributed by atoms with Gasteiger partial charge in [-0.25, -0.2) is 4.79 Å². The zero-order valence-corrected chi connectivity index (χ0v) is 13.6. The number of esters is 1. The van der Waals surface area contributed by atoms with Gasteiger partial charge in [-0.3, -0.25) is 4.79 Å². The molecule has 0 bridgehead atoms. The highest BCUT2D eigenvalue weighted by atomic mass is 16.5. The fourth-order valence-corrected chi connectivity index (χ4v) is 1.92. The van der Waals surface area contributed by atoms with Crippen molar-refractivity contribution in [2.75, 3.05) is 11.9 Å². The number of nitrogens with one attached hydrogen (secondary N) is 1. The summed E-state index contributed by atoms with van der Waals surface area (Å²) in [5.74, 6) is 0.788. The third-order valence-corrected chi connectivity index (χ3v) is 3.04. The molecule has 0 aliphatic heterocycles. The second-order valence-electron chi connectivity index (χ2n) is 4.98. The molecule has 0 aliphatic rings. The normalized spacial score (nSPS) is 11.1. The number of carbonyl (C=O) groups is 2. The molecule has 2 rings (SSSR count). The highest BCUT2D eigenvalue weighted by Gasteiger charge is 2.00. The lowest BCUT2D eigenvalue weighted by Gasteiger charge is -2.02. The van der Waals surface area contributed by atoms with Gasteiger partial charge in [0.15, 0.2) is 0 Å². The van der Waals surface area contributed by atoms with Crippen LogP contribution in [0.3, 0.4) is 0 Å². The van der Waals surface area contributed by atoms with Gasteiger partial charge in [0.2, 0.25) is 5.91 Å². The van der Waals surface area contributed by atoms with Crippen molar-refractivity contribution in [3.05, 3.63) is 65.6 Å². The van der Waals surface area contributed by atoms with E-state index in [0.717, 1.165) is 11.3 Å². The Balaban J connectivity index is 1.90. The Kier molecular flexibility index (Phi) is 6.14. The van der Waals surface area contributed by atoms with Crippen LogP contribution in [-0.4, -0.2) is 18.5 Å². The van der Waals surface area contributed by atoms with Crippen LogP contribution >= 0.6 is 0 Å². The first-order valence-electron chi connectivity index (χ1n) is 7.57. The molecule has 0 saturated heterocycles. The van der Waals surface area contributed by atoms with E-state index in [0.29, 0.717) is 18.1 Å². The summed E-state index contributed by atoms with van der Waals surface area (Å²) in [6.07, 6.45) is 6.04. The number of hydrogen-bond acceptors (Lipinski definition) is 4. The third kappa shape index (κ3) is 5.61. The van der Waals surface area contributed by atoms with Gasteiger partial charge < -0.3 is 14.5 Å². The van der Waals surface area contributed by atoms with E-state index in [2.05, 4.69) is 5.32 Å². The van der Waals surface area contributed by atoms with Gasteiger partial charge in [0.25, 0.3) is 0 Å². The molecule has 0 aliphatic carbocycles. The number of ether oxygens (including phenoxy) is 1. The number of amides is 1. The lowest BCUT2D eigenvalue weighted by atomic mass is 10.2. The molecular weight excluding hydrogens is 306 g/mol. The molecule has 1 amide bonds. The van der Waals surface area contributed by atoms with Crippen LogP contribution in [0.15, 0.2) is 53.0 Å². The fourth-order valence-electron chi connectivity index (χ4n) is 1.92. The predicted octanol–water partition coefficient (Wildman–Crippen LogP) is 3.82. The average molecular weight is 325 g/mol. The summed E-state index contributed by atoms with van der Waals surface area (Å²) in [7, 11) is 0. The van der Waals surface area contributed by atoms with Crippen LogP contribution in [0.4, 0.5) is 5.69 Å². The summed E-state index contributed by atoms with van der Waals surface area (Å²) in [6, 6.07) is 10.7. The molecule has 1 N–H and O–H groups in total. The zero-order valence-electron chi connectivity index (χ0n) is 13.6. The van der Waals surface area contributed by atoms with Gasteiger partial charge in [-0.05, 0) is 55.8 Å². The maximum Gasteiger partial charge on any atom is 0.330 e. The summed E-state index contributed by atoms with van der Waals surface area (Å²) in [5.41, 5.74) is 1.50. The Morgan fingerprint density at radius 3 is 2.46 bits per heavy atom. The van der Waals surface area contributed by atoms with Crippen molar-refractivity contribution in [1.82, 2.24) is 0 Å². The van der Waals surface area contributed by atoms with Gasteiger partial charge in [-0.1, -0.05) is 12.1 Å². The highest BCUT2D eigenvalue weighted by molar-refractivity contribution is 6.01. The van der Waals surface area contributed by atoms with Crippen LogP contribution in [0, 0.1) is 6.92 Å². The molecule has 0 fully saturated rings. The molecule has 0 radical (unpaired) electrons. The quantitative estimate of drug-likeness (QED) is 0.647. The van der Waals surface area contributed by atoms with Gasteiger partial charge in [0, 0.05) is 17.8 Å². The van der Waals surface area contributed by atoms with Crippen molar-refractivity contribution in [2.24, 2.45) is 0 Å². The molecule has 1 aromatic carbocycles. The van der Waals surface area contributed by atoms with E-state index < -0.39 is 0 Å². The van der Waals surface area contributed by atoms with Crippen molar-refractivity contribution in [1.29, 1.82) is 0 Å².